The highest BCUT2D eigenvalue weighted by atomic mass is 127. The Hall–Kier alpha value is -1.30. The largest absolute Gasteiger partial charge is 0.489 e. The van der Waals surface area contributed by atoms with Crippen molar-refractivity contribution >= 4 is 29.9 Å². The molecule has 0 heterocycles. The maximum Gasteiger partial charge on any atom is 0.411 e. The van der Waals surface area contributed by atoms with Gasteiger partial charge in [0, 0.05) is 25.8 Å². The second-order valence-electron chi connectivity index (χ2n) is 5.55. The van der Waals surface area contributed by atoms with Crippen molar-refractivity contribution in [2.24, 2.45) is 4.99 Å². The van der Waals surface area contributed by atoms with Crippen LogP contribution in [0.3, 0.4) is 0 Å². The van der Waals surface area contributed by atoms with E-state index in [0.717, 1.165) is 0 Å². The van der Waals surface area contributed by atoms with Gasteiger partial charge >= 0.3 is 6.18 Å². The van der Waals surface area contributed by atoms with E-state index in [4.69, 9.17) is 4.74 Å². The van der Waals surface area contributed by atoms with Gasteiger partial charge in [-0.05, 0) is 32.4 Å². The normalized spacial score (nSPS) is 12.9. The number of alkyl halides is 3. The Bertz CT molecular complexity index is 559. The van der Waals surface area contributed by atoms with Crippen LogP contribution < -0.4 is 15.4 Å². The second-order valence-corrected chi connectivity index (χ2v) is 5.55. The monoisotopic (exact) mass is 507 g/mol. The van der Waals surface area contributed by atoms with Crippen LogP contribution in [-0.2, 0) is 4.74 Å². The Kier molecular flexibility index (Phi) is 13.1. The van der Waals surface area contributed by atoms with Crippen LogP contribution in [0.15, 0.2) is 29.3 Å². The SMILES string of the molecule is CCNC(=NCC(C)Oc1cccc(F)c1)NCCCOCC(F)(F)F.I. The highest BCUT2D eigenvalue weighted by molar-refractivity contribution is 14.0. The maximum absolute atomic E-state index is 13.1. The molecular weight excluding hydrogens is 481 g/mol. The molecule has 0 fully saturated rings. The molecule has 0 aliphatic heterocycles. The molecule has 1 unspecified atom stereocenters. The first-order chi connectivity index (χ1) is 12.3. The van der Waals surface area contributed by atoms with Gasteiger partial charge in [0.25, 0.3) is 0 Å². The van der Waals surface area contributed by atoms with Gasteiger partial charge in [-0.3, -0.25) is 0 Å². The van der Waals surface area contributed by atoms with Crippen molar-refractivity contribution in [2.45, 2.75) is 32.5 Å². The number of nitrogens with zero attached hydrogens (tertiary/aromatic N) is 1. The van der Waals surface area contributed by atoms with Gasteiger partial charge < -0.3 is 20.1 Å². The minimum absolute atomic E-state index is 0. The molecule has 1 atom stereocenters. The summed E-state index contributed by atoms with van der Waals surface area (Å²) in [5.41, 5.74) is 0. The molecule has 0 aromatic heterocycles. The van der Waals surface area contributed by atoms with Crippen molar-refractivity contribution in [1.82, 2.24) is 10.6 Å². The van der Waals surface area contributed by atoms with Gasteiger partial charge in [-0.25, -0.2) is 9.38 Å². The zero-order valence-electron chi connectivity index (χ0n) is 15.3. The minimum atomic E-state index is -4.30. The summed E-state index contributed by atoms with van der Waals surface area (Å²) in [6, 6.07) is 5.85. The molecule has 5 nitrogen and oxygen atoms in total. The molecule has 1 aromatic rings. The first kappa shape index (κ1) is 25.7. The van der Waals surface area contributed by atoms with Crippen LogP contribution in [-0.4, -0.2) is 51.1 Å². The number of hydrogen-bond donors (Lipinski definition) is 2. The van der Waals surface area contributed by atoms with E-state index >= 15 is 0 Å². The zero-order chi connectivity index (χ0) is 19.4. The third-order valence-corrected chi connectivity index (χ3v) is 3.01. The summed E-state index contributed by atoms with van der Waals surface area (Å²) in [4.78, 5) is 4.34. The quantitative estimate of drug-likeness (QED) is 0.167. The molecule has 1 aromatic carbocycles. The number of nitrogens with one attached hydrogen (secondary N) is 2. The van der Waals surface area contributed by atoms with Gasteiger partial charge in [-0.15, -0.1) is 24.0 Å². The van der Waals surface area contributed by atoms with E-state index < -0.39 is 12.8 Å². The van der Waals surface area contributed by atoms with Crippen molar-refractivity contribution in [3.05, 3.63) is 30.1 Å². The van der Waals surface area contributed by atoms with Crippen LogP contribution >= 0.6 is 24.0 Å². The lowest BCUT2D eigenvalue weighted by molar-refractivity contribution is -0.173. The Morgan fingerprint density at radius 1 is 1.26 bits per heavy atom. The Balaban J connectivity index is 0.00000676. The number of rotatable bonds is 10. The molecule has 0 aliphatic carbocycles. The smallest absolute Gasteiger partial charge is 0.411 e. The topological polar surface area (TPSA) is 54.9 Å². The summed E-state index contributed by atoms with van der Waals surface area (Å²) < 4.78 is 59.1. The van der Waals surface area contributed by atoms with E-state index in [0.29, 0.717) is 37.8 Å². The first-order valence-electron chi connectivity index (χ1n) is 8.39. The standard InChI is InChI=1S/C17H25F4N3O2.HI/c1-3-22-16(23-8-5-9-25-12-17(19,20)21)24-11-13(2)26-15-7-4-6-14(18)10-15;/h4,6-7,10,13H,3,5,8-9,11-12H2,1-2H3,(H2,22,23,24);1H. The Morgan fingerprint density at radius 2 is 2.00 bits per heavy atom. The summed E-state index contributed by atoms with van der Waals surface area (Å²) in [7, 11) is 0. The molecule has 156 valence electrons. The Labute approximate surface area is 173 Å². The van der Waals surface area contributed by atoms with Crippen LogP contribution in [0.25, 0.3) is 0 Å². The highest BCUT2D eigenvalue weighted by Crippen LogP contribution is 2.14. The average Bonchev–Trinajstić information content (AvgIpc) is 2.54. The second kappa shape index (κ2) is 13.8. The van der Waals surface area contributed by atoms with Crippen molar-refractivity contribution in [2.75, 3.05) is 32.8 Å². The average molecular weight is 507 g/mol. The molecule has 27 heavy (non-hydrogen) atoms. The fraction of sp³-hybridized carbons (Fsp3) is 0.588. The van der Waals surface area contributed by atoms with Crippen LogP contribution in [0.1, 0.15) is 20.3 Å². The minimum Gasteiger partial charge on any atom is -0.489 e. The molecule has 10 heteroatoms. The lowest BCUT2D eigenvalue weighted by Crippen LogP contribution is -2.38. The molecule has 0 bridgehead atoms. The summed E-state index contributed by atoms with van der Waals surface area (Å²) >= 11 is 0. The number of benzene rings is 1. The Morgan fingerprint density at radius 3 is 2.63 bits per heavy atom. The van der Waals surface area contributed by atoms with Gasteiger partial charge in [0.1, 0.15) is 24.3 Å². The van der Waals surface area contributed by atoms with Crippen LogP contribution in [0, 0.1) is 5.82 Å². The van der Waals surface area contributed by atoms with Gasteiger partial charge in [-0.1, -0.05) is 6.07 Å². The maximum atomic E-state index is 13.1. The number of hydrogen-bond acceptors (Lipinski definition) is 3. The molecule has 0 aliphatic rings. The molecular formula is C17H26F4IN3O2. The molecule has 0 radical (unpaired) electrons. The molecule has 0 spiro atoms. The molecule has 0 saturated heterocycles. The summed E-state index contributed by atoms with van der Waals surface area (Å²) in [6.45, 7) is 3.86. The summed E-state index contributed by atoms with van der Waals surface area (Å²) in [5, 5.41) is 6.04. The lowest BCUT2D eigenvalue weighted by Gasteiger charge is -2.15. The van der Waals surface area contributed by atoms with E-state index in [1.807, 2.05) is 13.8 Å². The predicted octanol–water partition coefficient (Wildman–Crippen LogP) is 3.74. The summed E-state index contributed by atoms with van der Waals surface area (Å²) in [5.74, 6) is 0.575. The third kappa shape index (κ3) is 13.5. The number of ether oxygens (including phenoxy) is 2. The van der Waals surface area contributed by atoms with E-state index in [-0.39, 0.29) is 42.5 Å². The van der Waals surface area contributed by atoms with Gasteiger partial charge in [0.2, 0.25) is 0 Å². The summed E-state index contributed by atoms with van der Waals surface area (Å²) in [6.07, 6.45) is -4.17. The van der Waals surface area contributed by atoms with Crippen molar-refractivity contribution in [3.63, 3.8) is 0 Å². The molecule has 1 rings (SSSR count). The lowest BCUT2D eigenvalue weighted by atomic mass is 10.3. The van der Waals surface area contributed by atoms with E-state index in [1.54, 1.807) is 12.1 Å². The van der Waals surface area contributed by atoms with E-state index in [9.17, 15) is 17.6 Å². The molecule has 2 N–H and O–H groups in total. The highest BCUT2D eigenvalue weighted by Gasteiger charge is 2.27. The third-order valence-electron chi connectivity index (χ3n) is 3.01. The first-order valence-corrected chi connectivity index (χ1v) is 8.39. The number of guanidine groups is 1. The van der Waals surface area contributed by atoms with Gasteiger partial charge in [0.15, 0.2) is 5.96 Å². The van der Waals surface area contributed by atoms with Gasteiger partial charge in [0.05, 0.1) is 6.54 Å². The van der Waals surface area contributed by atoms with Crippen molar-refractivity contribution < 1.29 is 27.0 Å². The fourth-order valence-electron chi connectivity index (χ4n) is 1.94. The zero-order valence-corrected chi connectivity index (χ0v) is 17.6. The molecule has 0 amide bonds. The van der Waals surface area contributed by atoms with Gasteiger partial charge in [-0.2, -0.15) is 13.2 Å². The van der Waals surface area contributed by atoms with Crippen LogP contribution in [0.5, 0.6) is 5.75 Å². The molecule has 0 saturated carbocycles. The van der Waals surface area contributed by atoms with E-state index in [1.165, 1.54) is 12.1 Å². The fourth-order valence-corrected chi connectivity index (χ4v) is 1.94. The van der Waals surface area contributed by atoms with Crippen molar-refractivity contribution in [1.29, 1.82) is 0 Å². The number of halogens is 5. The van der Waals surface area contributed by atoms with Crippen LogP contribution in [0.2, 0.25) is 0 Å². The number of aliphatic imine (C=N–C) groups is 1. The van der Waals surface area contributed by atoms with Crippen molar-refractivity contribution in [3.8, 4) is 5.75 Å². The van der Waals surface area contributed by atoms with Crippen LogP contribution in [0.4, 0.5) is 17.6 Å². The van der Waals surface area contributed by atoms with E-state index in [2.05, 4.69) is 20.4 Å². The predicted molar refractivity (Wildman–Crippen MR) is 107 cm³/mol.